The fourth-order valence-electron chi connectivity index (χ4n) is 2.78. The largest absolute Gasteiger partial charge is 0.396 e. The molecule has 4 heteroatoms. The molecule has 18 heavy (non-hydrogen) atoms. The quantitative estimate of drug-likeness (QED) is 0.627. The molecule has 100 valence electrons. The molecule has 0 bridgehead atoms. The van der Waals surface area contributed by atoms with Crippen LogP contribution in [0.4, 0.5) is 8.78 Å². The first kappa shape index (κ1) is 14.2. The van der Waals surface area contributed by atoms with Crippen LogP contribution in [0.5, 0.6) is 0 Å². The Morgan fingerprint density at radius 3 is 2.17 bits per heavy atom. The van der Waals surface area contributed by atoms with Crippen LogP contribution in [-0.4, -0.2) is 11.7 Å². The van der Waals surface area contributed by atoms with Gasteiger partial charge in [0.1, 0.15) is 11.6 Å². The van der Waals surface area contributed by atoms with E-state index in [1.165, 1.54) is 12.1 Å². The monoisotopic (exact) mass is 366 g/mol. The van der Waals surface area contributed by atoms with Gasteiger partial charge in [-0.05, 0) is 84.2 Å². The zero-order chi connectivity index (χ0) is 13.1. The highest BCUT2D eigenvalue weighted by Gasteiger charge is 2.23. The fraction of sp³-hybridized carbons (Fsp3) is 0.571. The molecule has 1 aliphatic carbocycles. The smallest absolute Gasteiger partial charge is 0.139 e. The molecular formula is C14H17F2IO. The van der Waals surface area contributed by atoms with Gasteiger partial charge in [0.15, 0.2) is 0 Å². The highest BCUT2D eigenvalue weighted by Crippen LogP contribution is 2.37. The molecule has 1 saturated carbocycles. The fourth-order valence-corrected chi connectivity index (χ4v) is 3.09. The number of aliphatic hydroxyl groups is 1. The van der Waals surface area contributed by atoms with Crippen molar-refractivity contribution in [2.75, 3.05) is 6.61 Å². The van der Waals surface area contributed by atoms with E-state index in [1.807, 2.05) is 0 Å². The van der Waals surface area contributed by atoms with Crippen molar-refractivity contribution in [2.45, 2.75) is 38.0 Å². The highest BCUT2D eigenvalue weighted by molar-refractivity contribution is 14.1. The van der Waals surface area contributed by atoms with Crippen molar-refractivity contribution in [3.63, 3.8) is 0 Å². The Labute approximate surface area is 120 Å². The lowest BCUT2D eigenvalue weighted by atomic mass is 9.77. The van der Waals surface area contributed by atoms with Crippen LogP contribution in [0.3, 0.4) is 0 Å². The van der Waals surface area contributed by atoms with Crippen LogP contribution >= 0.6 is 22.6 Å². The van der Waals surface area contributed by atoms with E-state index in [0.717, 1.165) is 37.7 Å². The van der Waals surface area contributed by atoms with Crippen molar-refractivity contribution in [3.05, 3.63) is 32.9 Å². The molecule has 1 N–H and O–H groups in total. The third kappa shape index (κ3) is 3.20. The normalized spacial score (nSPS) is 24.2. The number of benzene rings is 1. The molecule has 0 spiro atoms. The summed E-state index contributed by atoms with van der Waals surface area (Å²) in [4.78, 5) is 0. The van der Waals surface area contributed by atoms with Crippen LogP contribution in [0.2, 0.25) is 0 Å². The second-order valence-corrected chi connectivity index (χ2v) is 6.11. The first-order valence-corrected chi connectivity index (χ1v) is 7.45. The van der Waals surface area contributed by atoms with Gasteiger partial charge in [0.2, 0.25) is 0 Å². The summed E-state index contributed by atoms with van der Waals surface area (Å²) in [5.41, 5.74) is 0.785. The standard InChI is InChI=1S/C14H17F2IO/c15-12-7-11(8-13(16)14(12)17)10-3-1-9(2-4-10)5-6-18/h7-10,18H,1-6H2. The molecule has 0 saturated heterocycles. The molecular weight excluding hydrogens is 349 g/mol. The molecule has 0 atom stereocenters. The summed E-state index contributed by atoms with van der Waals surface area (Å²) in [5, 5.41) is 8.90. The average Bonchev–Trinajstić information content (AvgIpc) is 2.37. The second-order valence-electron chi connectivity index (χ2n) is 5.03. The van der Waals surface area contributed by atoms with Crippen LogP contribution in [-0.2, 0) is 0 Å². The minimum atomic E-state index is -0.455. The van der Waals surface area contributed by atoms with E-state index >= 15 is 0 Å². The lowest BCUT2D eigenvalue weighted by Crippen LogP contribution is -2.15. The summed E-state index contributed by atoms with van der Waals surface area (Å²) < 4.78 is 27.1. The van der Waals surface area contributed by atoms with Gasteiger partial charge in [-0.15, -0.1) is 0 Å². The Balaban J connectivity index is 2.05. The Hall–Kier alpha value is -0.230. The van der Waals surface area contributed by atoms with Gasteiger partial charge in [0, 0.05) is 6.61 Å². The van der Waals surface area contributed by atoms with Gasteiger partial charge in [-0.2, -0.15) is 0 Å². The predicted octanol–water partition coefficient (Wildman–Crippen LogP) is 4.23. The second kappa shape index (κ2) is 6.28. The molecule has 1 aromatic rings. The molecule has 0 heterocycles. The van der Waals surface area contributed by atoms with Crippen molar-refractivity contribution in [1.82, 2.24) is 0 Å². The number of aliphatic hydroxyl groups excluding tert-OH is 1. The predicted molar refractivity (Wildman–Crippen MR) is 75.5 cm³/mol. The van der Waals surface area contributed by atoms with E-state index in [9.17, 15) is 8.78 Å². The maximum absolute atomic E-state index is 13.5. The van der Waals surface area contributed by atoms with E-state index < -0.39 is 11.6 Å². The zero-order valence-electron chi connectivity index (χ0n) is 10.1. The van der Waals surface area contributed by atoms with Crippen LogP contribution in [0.15, 0.2) is 12.1 Å². The van der Waals surface area contributed by atoms with Crippen molar-refractivity contribution < 1.29 is 13.9 Å². The van der Waals surface area contributed by atoms with E-state index in [-0.39, 0.29) is 16.1 Å². The van der Waals surface area contributed by atoms with Crippen LogP contribution < -0.4 is 0 Å². The number of hydrogen-bond donors (Lipinski definition) is 1. The summed E-state index contributed by atoms with van der Waals surface area (Å²) in [6.07, 6.45) is 4.86. The van der Waals surface area contributed by atoms with Gasteiger partial charge in [-0.3, -0.25) is 0 Å². The SMILES string of the molecule is OCCC1CCC(c2cc(F)c(I)c(F)c2)CC1. The van der Waals surface area contributed by atoms with Crippen LogP contribution in [0.25, 0.3) is 0 Å². The summed E-state index contributed by atoms with van der Waals surface area (Å²) in [6, 6.07) is 2.95. The summed E-state index contributed by atoms with van der Waals surface area (Å²) in [5.74, 6) is -0.0723. The van der Waals surface area contributed by atoms with Gasteiger partial charge in [0.05, 0.1) is 3.57 Å². The molecule has 0 unspecified atom stereocenters. The molecule has 0 amide bonds. The Morgan fingerprint density at radius 1 is 1.11 bits per heavy atom. The van der Waals surface area contributed by atoms with E-state index in [2.05, 4.69) is 0 Å². The zero-order valence-corrected chi connectivity index (χ0v) is 12.3. The third-order valence-corrected chi connectivity index (χ3v) is 4.89. The summed E-state index contributed by atoms with van der Waals surface area (Å²) in [6.45, 7) is 0.238. The van der Waals surface area contributed by atoms with Gasteiger partial charge >= 0.3 is 0 Å². The van der Waals surface area contributed by atoms with Gasteiger partial charge < -0.3 is 5.11 Å². The minimum Gasteiger partial charge on any atom is -0.396 e. The Kier molecular flexibility index (Phi) is 4.95. The first-order valence-electron chi connectivity index (χ1n) is 6.37. The van der Waals surface area contributed by atoms with Crippen LogP contribution in [0, 0.1) is 21.1 Å². The van der Waals surface area contributed by atoms with Crippen LogP contribution in [0.1, 0.15) is 43.6 Å². The molecule has 2 rings (SSSR count). The summed E-state index contributed by atoms with van der Waals surface area (Å²) >= 11 is 1.69. The summed E-state index contributed by atoms with van der Waals surface area (Å²) in [7, 11) is 0. The lowest BCUT2D eigenvalue weighted by Gasteiger charge is -2.28. The lowest BCUT2D eigenvalue weighted by molar-refractivity contribution is 0.222. The van der Waals surface area contributed by atoms with Crippen molar-refractivity contribution in [3.8, 4) is 0 Å². The van der Waals surface area contributed by atoms with Gasteiger partial charge in [-0.25, -0.2) is 8.78 Å². The van der Waals surface area contributed by atoms with Crippen molar-refractivity contribution >= 4 is 22.6 Å². The molecule has 0 aromatic heterocycles. The third-order valence-electron chi connectivity index (χ3n) is 3.86. The van der Waals surface area contributed by atoms with Crippen molar-refractivity contribution in [1.29, 1.82) is 0 Å². The molecule has 0 radical (unpaired) electrons. The maximum Gasteiger partial charge on any atom is 0.139 e. The number of rotatable bonds is 3. The molecule has 1 nitrogen and oxygen atoms in total. The van der Waals surface area contributed by atoms with Gasteiger partial charge in [-0.1, -0.05) is 0 Å². The number of halogens is 3. The first-order chi connectivity index (χ1) is 8.61. The Bertz CT molecular complexity index is 391. The topological polar surface area (TPSA) is 20.2 Å². The van der Waals surface area contributed by atoms with Gasteiger partial charge in [0.25, 0.3) is 0 Å². The molecule has 0 aliphatic heterocycles. The molecule has 1 aliphatic rings. The minimum absolute atomic E-state index is 0.0744. The van der Waals surface area contributed by atoms with Crippen molar-refractivity contribution in [2.24, 2.45) is 5.92 Å². The van der Waals surface area contributed by atoms with E-state index in [4.69, 9.17) is 5.11 Å². The Morgan fingerprint density at radius 2 is 1.67 bits per heavy atom. The highest BCUT2D eigenvalue weighted by atomic mass is 127. The average molecular weight is 366 g/mol. The van der Waals surface area contributed by atoms with E-state index in [0.29, 0.717) is 5.92 Å². The number of hydrogen-bond acceptors (Lipinski definition) is 1. The molecule has 1 aromatic carbocycles. The molecule has 1 fully saturated rings. The maximum atomic E-state index is 13.5. The van der Waals surface area contributed by atoms with E-state index in [1.54, 1.807) is 22.6 Å².